The fraction of sp³-hybridized carbons (Fsp3) is 0.308. The average molecular weight is 400 g/mol. The van der Waals surface area contributed by atoms with Crippen molar-refractivity contribution in [1.82, 2.24) is 14.4 Å². The lowest BCUT2D eigenvalue weighted by Crippen LogP contribution is -2.45. The van der Waals surface area contributed by atoms with E-state index in [0.717, 1.165) is 51.6 Å². The Labute approximate surface area is 178 Å². The van der Waals surface area contributed by atoms with Crippen LogP contribution in [0.25, 0.3) is 21.8 Å². The van der Waals surface area contributed by atoms with Crippen LogP contribution in [0.15, 0.2) is 72.8 Å². The topological polar surface area (TPSA) is 20.6 Å². The van der Waals surface area contributed by atoms with E-state index in [2.05, 4.69) is 94.2 Å². The number of likely N-dealkylation sites (N-methyl/N-ethyl adjacent to an activating group) is 1. The second kappa shape index (κ2) is 8.50. The molecule has 0 bridgehead atoms. The highest BCUT2D eigenvalue weighted by Gasteiger charge is 2.16. The second-order valence-corrected chi connectivity index (χ2v) is 8.23. The van der Waals surface area contributed by atoms with E-state index in [9.17, 15) is 0 Å². The third-order valence-corrected chi connectivity index (χ3v) is 6.20. The molecule has 4 heteroatoms. The summed E-state index contributed by atoms with van der Waals surface area (Å²) in [6.07, 6.45) is 0. The van der Waals surface area contributed by atoms with Gasteiger partial charge in [-0.05, 0) is 30.8 Å². The molecule has 0 spiro atoms. The normalized spacial score (nSPS) is 15.8. The van der Waals surface area contributed by atoms with Gasteiger partial charge in [0, 0.05) is 55.6 Å². The lowest BCUT2D eigenvalue weighted by molar-refractivity contribution is 0.134. The number of para-hydroxylation sites is 1. The van der Waals surface area contributed by atoms with Crippen molar-refractivity contribution in [3.63, 3.8) is 0 Å². The first kappa shape index (κ1) is 19.2. The maximum Gasteiger partial charge on any atom is 0.129 e. The van der Waals surface area contributed by atoms with Crippen LogP contribution in [-0.4, -0.2) is 60.7 Å². The Morgan fingerprint density at radius 1 is 0.767 bits per heavy atom. The van der Waals surface area contributed by atoms with E-state index in [4.69, 9.17) is 4.74 Å². The van der Waals surface area contributed by atoms with Gasteiger partial charge in [-0.25, -0.2) is 0 Å². The highest BCUT2D eigenvalue weighted by molar-refractivity contribution is 6.11. The lowest BCUT2D eigenvalue weighted by Gasteiger charge is -2.32. The van der Waals surface area contributed by atoms with Gasteiger partial charge >= 0.3 is 0 Å². The zero-order chi connectivity index (χ0) is 20.3. The molecule has 0 atom stereocenters. The predicted molar refractivity (Wildman–Crippen MR) is 124 cm³/mol. The molecule has 1 aliphatic heterocycles. The summed E-state index contributed by atoms with van der Waals surface area (Å²) in [5.41, 5.74) is 3.80. The van der Waals surface area contributed by atoms with Gasteiger partial charge in [0.1, 0.15) is 12.4 Å². The predicted octanol–water partition coefficient (Wildman–Crippen LogP) is 4.47. The fourth-order valence-electron chi connectivity index (χ4n) is 4.48. The Hall–Kier alpha value is -2.82. The standard InChI is InChI=1S/C26H29N3O/c1-27-14-16-28(17-15-27)18-19-30-25-13-7-12-24-26(25)22-10-5-6-11-23(22)29(24)20-21-8-3-2-4-9-21/h2-13H,14-20H2,1H3. The number of hydrogen-bond acceptors (Lipinski definition) is 3. The van der Waals surface area contributed by atoms with Crippen molar-refractivity contribution in [2.24, 2.45) is 0 Å². The van der Waals surface area contributed by atoms with Gasteiger partial charge in [0.2, 0.25) is 0 Å². The molecule has 1 aromatic heterocycles. The van der Waals surface area contributed by atoms with Crippen LogP contribution in [0.5, 0.6) is 5.75 Å². The molecule has 1 aliphatic rings. The summed E-state index contributed by atoms with van der Waals surface area (Å²) in [6, 6.07) is 25.8. The van der Waals surface area contributed by atoms with Gasteiger partial charge in [-0.15, -0.1) is 0 Å². The first-order valence-electron chi connectivity index (χ1n) is 10.9. The lowest BCUT2D eigenvalue weighted by atomic mass is 10.1. The van der Waals surface area contributed by atoms with E-state index in [-0.39, 0.29) is 0 Å². The van der Waals surface area contributed by atoms with Crippen molar-refractivity contribution in [3.05, 3.63) is 78.4 Å². The molecule has 0 saturated carbocycles. The van der Waals surface area contributed by atoms with E-state index >= 15 is 0 Å². The molecule has 0 N–H and O–H groups in total. The number of fused-ring (bicyclic) bond motifs is 3. The monoisotopic (exact) mass is 399 g/mol. The molecule has 1 saturated heterocycles. The van der Waals surface area contributed by atoms with E-state index in [1.54, 1.807) is 0 Å². The quantitative estimate of drug-likeness (QED) is 0.477. The van der Waals surface area contributed by atoms with Crippen LogP contribution < -0.4 is 4.74 Å². The van der Waals surface area contributed by atoms with E-state index in [0.29, 0.717) is 0 Å². The molecule has 154 valence electrons. The van der Waals surface area contributed by atoms with Crippen LogP contribution in [0.2, 0.25) is 0 Å². The van der Waals surface area contributed by atoms with Gasteiger partial charge in [-0.3, -0.25) is 4.90 Å². The molecule has 0 radical (unpaired) electrons. The summed E-state index contributed by atoms with van der Waals surface area (Å²) in [6.45, 7) is 7.09. The minimum Gasteiger partial charge on any atom is -0.492 e. The van der Waals surface area contributed by atoms with Gasteiger partial charge in [0.25, 0.3) is 0 Å². The molecular weight excluding hydrogens is 370 g/mol. The van der Waals surface area contributed by atoms with Crippen LogP contribution in [0.4, 0.5) is 0 Å². The van der Waals surface area contributed by atoms with Gasteiger partial charge in [-0.1, -0.05) is 54.6 Å². The van der Waals surface area contributed by atoms with Crippen LogP contribution in [0.1, 0.15) is 5.56 Å². The van der Waals surface area contributed by atoms with Crippen molar-refractivity contribution >= 4 is 21.8 Å². The summed E-state index contributed by atoms with van der Waals surface area (Å²) in [7, 11) is 2.19. The van der Waals surface area contributed by atoms with Gasteiger partial charge in [0.15, 0.2) is 0 Å². The first-order chi connectivity index (χ1) is 14.8. The number of benzene rings is 3. The average Bonchev–Trinajstić information content (AvgIpc) is 3.10. The summed E-state index contributed by atoms with van der Waals surface area (Å²) >= 11 is 0. The Bertz CT molecular complexity index is 1130. The molecule has 4 nitrogen and oxygen atoms in total. The largest absolute Gasteiger partial charge is 0.492 e. The number of ether oxygens (including phenoxy) is 1. The number of nitrogens with zero attached hydrogens (tertiary/aromatic N) is 3. The zero-order valence-corrected chi connectivity index (χ0v) is 17.6. The SMILES string of the molecule is CN1CCN(CCOc2cccc3c2c2ccccc2n3Cc2ccccc2)CC1. The van der Waals surface area contributed by atoms with E-state index in [1.807, 2.05) is 0 Å². The fourth-order valence-corrected chi connectivity index (χ4v) is 4.48. The van der Waals surface area contributed by atoms with Gasteiger partial charge < -0.3 is 14.2 Å². The minimum atomic E-state index is 0.723. The third kappa shape index (κ3) is 3.81. The summed E-state index contributed by atoms with van der Waals surface area (Å²) in [5.74, 6) is 0.990. The van der Waals surface area contributed by atoms with Crippen molar-refractivity contribution < 1.29 is 4.74 Å². The molecule has 0 aliphatic carbocycles. The minimum absolute atomic E-state index is 0.723. The number of piperazine rings is 1. The second-order valence-electron chi connectivity index (χ2n) is 8.23. The maximum atomic E-state index is 6.35. The Morgan fingerprint density at radius 3 is 2.33 bits per heavy atom. The van der Waals surface area contributed by atoms with Crippen LogP contribution >= 0.6 is 0 Å². The molecule has 0 amide bonds. The number of aromatic nitrogens is 1. The molecular formula is C26H29N3O. The first-order valence-corrected chi connectivity index (χ1v) is 10.9. The summed E-state index contributed by atoms with van der Waals surface area (Å²) in [4.78, 5) is 4.89. The number of hydrogen-bond donors (Lipinski definition) is 0. The van der Waals surface area contributed by atoms with Crippen LogP contribution in [0, 0.1) is 0 Å². The molecule has 2 heterocycles. The maximum absolute atomic E-state index is 6.35. The third-order valence-electron chi connectivity index (χ3n) is 6.20. The molecule has 0 unspecified atom stereocenters. The van der Waals surface area contributed by atoms with Crippen molar-refractivity contribution in [2.45, 2.75) is 6.54 Å². The van der Waals surface area contributed by atoms with Crippen molar-refractivity contribution in [3.8, 4) is 5.75 Å². The highest BCUT2D eigenvalue weighted by atomic mass is 16.5. The number of rotatable bonds is 6. The highest BCUT2D eigenvalue weighted by Crippen LogP contribution is 2.36. The Balaban J connectivity index is 1.44. The molecule has 3 aromatic carbocycles. The van der Waals surface area contributed by atoms with Crippen LogP contribution in [-0.2, 0) is 6.54 Å². The van der Waals surface area contributed by atoms with Crippen molar-refractivity contribution in [2.75, 3.05) is 46.4 Å². The smallest absolute Gasteiger partial charge is 0.129 e. The zero-order valence-electron chi connectivity index (χ0n) is 17.6. The Kier molecular flexibility index (Phi) is 5.43. The van der Waals surface area contributed by atoms with Gasteiger partial charge in [0.05, 0.1) is 5.52 Å². The Morgan fingerprint density at radius 2 is 1.50 bits per heavy atom. The molecule has 4 aromatic rings. The molecule has 1 fully saturated rings. The molecule has 30 heavy (non-hydrogen) atoms. The molecule has 5 rings (SSSR count). The van der Waals surface area contributed by atoms with Gasteiger partial charge in [-0.2, -0.15) is 0 Å². The van der Waals surface area contributed by atoms with E-state index in [1.165, 1.54) is 27.4 Å². The van der Waals surface area contributed by atoms with Crippen LogP contribution in [0.3, 0.4) is 0 Å². The van der Waals surface area contributed by atoms with Crippen molar-refractivity contribution in [1.29, 1.82) is 0 Å². The summed E-state index contributed by atoms with van der Waals surface area (Å²) in [5, 5.41) is 2.49. The summed E-state index contributed by atoms with van der Waals surface area (Å²) < 4.78 is 8.76. The van der Waals surface area contributed by atoms with E-state index < -0.39 is 0 Å².